The number of methoxy groups -OCH3 is 1. The van der Waals surface area contributed by atoms with Crippen LogP contribution in [-0.4, -0.2) is 69.2 Å². The molecule has 6 nitrogen and oxygen atoms in total. The van der Waals surface area contributed by atoms with E-state index >= 15 is 0 Å². The van der Waals surface area contributed by atoms with Crippen LogP contribution in [0.4, 0.5) is 4.79 Å². The van der Waals surface area contributed by atoms with Crippen molar-refractivity contribution in [3.8, 4) is 0 Å². The van der Waals surface area contributed by atoms with Crippen LogP contribution in [-0.2, 0) is 14.2 Å². The summed E-state index contributed by atoms with van der Waals surface area (Å²) in [7, 11) is 1.73. The van der Waals surface area contributed by atoms with Crippen molar-refractivity contribution in [2.45, 2.75) is 52.2 Å². The van der Waals surface area contributed by atoms with Crippen molar-refractivity contribution in [3.63, 3.8) is 0 Å². The second kappa shape index (κ2) is 10.1. The zero-order chi connectivity index (χ0) is 17.3. The molecule has 1 fully saturated rings. The number of amides is 1. The molecule has 1 aliphatic heterocycles. The fraction of sp³-hybridized carbons (Fsp3) is 0.941. The molecule has 1 rings (SSSR count). The van der Waals surface area contributed by atoms with E-state index in [2.05, 4.69) is 12.2 Å². The van der Waals surface area contributed by atoms with Gasteiger partial charge in [-0.2, -0.15) is 0 Å². The van der Waals surface area contributed by atoms with Crippen LogP contribution < -0.4 is 5.32 Å². The molecule has 0 spiro atoms. The monoisotopic (exact) mass is 330 g/mol. The Morgan fingerprint density at radius 2 is 1.96 bits per heavy atom. The van der Waals surface area contributed by atoms with E-state index in [1.807, 2.05) is 20.8 Å². The summed E-state index contributed by atoms with van der Waals surface area (Å²) in [6, 6.07) is 0. The molecule has 1 N–H and O–H groups in total. The molecular formula is C17H34N2O4. The highest BCUT2D eigenvalue weighted by atomic mass is 16.6. The summed E-state index contributed by atoms with van der Waals surface area (Å²) in [6.45, 7) is 12.5. The molecular weight excluding hydrogens is 296 g/mol. The van der Waals surface area contributed by atoms with Crippen molar-refractivity contribution in [2.24, 2.45) is 5.92 Å². The minimum Gasteiger partial charge on any atom is -0.444 e. The molecule has 0 aromatic carbocycles. The lowest BCUT2D eigenvalue weighted by molar-refractivity contribution is -0.0106. The third kappa shape index (κ3) is 9.13. The zero-order valence-corrected chi connectivity index (χ0v) is 15.4. The molecule has 0 aliphatic carbocycles. The van der Waals surface area contributed by atoms with Gasteiger partial charge < -0.3 is 24.4 Å². The van der Waals surface area contributed by atoms with E-state index in [9.17, 15) is 4.79 Å². The first-order chi connectivity index (χ1) is 10.8. The van der Waals surface area contributed by atoms with Crippen molar-refractivity contribution >= 4 is 6.09 Å². The Hall–Kier alpha value is -0.850. The van der Waals surface area contributed by atoms with E-state index in [-0.39, 0.29) is 12.2 Å². The highest BCUT2D eigenvalue weighted by Crippen LogP contribution is 2.17. The first-order valence-corrected chi connectivity index (χ1v) is 8.61. The fourth-order valence-corrected chi connectivity index (χ4v) is 2.52. The lowest BCUT2D eigenvalue weighted by Crippen LogP contribution is -2.43. The van der Waals surface area contributed by atoms with Crippen molar-refractivity contribution < 1.29 is 19.0 Å². The van der Waals surface area contributed by atoms with Gasteiger partial charge in [-0.05, 0) is 46.1 Å². The van der Waals surface area contributed by atoms with Crippen molar-refractivity contribution in [1.29, 1.82) is 0 Å². The number of piperidine rings is 1. The van der Waals surface area contributed by atoms with Crippen LogP contribution in [0, 0.1) is 5.92 Å². The summed E-state index contributed by atoms with van der Waals surface area (Å²) in [5.74, 6) is 0.511. The zero-order valence-electron chi connectivity index (χ0n) is 15.4. The molecule has 6 heteroatoms. The first kappa shape index (κ1) is 20.2. The van der Waals surface area contributed by atoms with Gasteiger partial charge in [0.25, 0.3) is 0 Å². The summed E-state index contributed by atoms with van der Waals surface area (Å²) < 4.78 is 16.4. The summed E-state index contributed by atoms with van der Waals surface area (Å²) >= 11 is 0. The number of nitrogens with one attached hydrogen (secondary N) is 1. The van der Waals surface area contributed by atoms with E-state index in [1.165, 1.54) is 0 Å². The normalized spacial score (nSPS) is 18.0. The van der Waals surface area contributed by atoms with Gasteiger partial charge in [-0.3, -0.25) is 0 Å². The SMILES string of the molecule is COCC(C)CNCCOC1CCN(C(=O)OC(C)(C)C)CC1. The second-order valence-corrected chi connectivity index (χ2v) is 7.30. The molecule has 1 heterocycles. The van der Waals surface area contributed by atoms with Crippen LogP contribution in [0.5, 0.6) is 0 Å². The van der Waals surface area contributed by atoms with E-state index in [4.69, 9.17) is 14.2 Å². The standard InChI is InChI=1S/C17H34N2O4/c1-14(13-21-5)12-18-8-11-22-15-6-9-19(10-7-15)16(20)23-17(2,3)4/h14-15,18H,6-13H2,1-5H3. The molecule has 0 aromatic heterocycles. The van der Waals surface area contributed by atoms with E-state index < -0.39 is 5.60 Å². The van der Waals surface area contributed by atoms with Crippen LogP contribution in [0.15, 0.2) is 0 Å². The molecule has 1 aliphatic rings. The summed E-state index contributed by atoms with van der Waals surface area (Å²) in [5.41, 5.74) is -0.434. The van der Waals surface area contributed by atoms with Crippen LogP contribution in [0.25, 0.3) is 0 Å². The minimum atomic E-state index is -0.434. The average molecular weight is 330 g/mol. The van der Waals surface area contributed by atoms with E-state index in [1.54, 1.807) is 12.0 Å². The number of hydrogen-bond acceptors (Lipinski definition) is 5. The predicted molar refractivity (Wildman–Crippen MR) is 90.7 cm³/mol. The number of hydrogen-bond donors (Lipinski definition) is 1. The average Bonchev–Trinajstić information content (AvgIpc) is 2.46. The largest absolute Gasteiger partial charge is 0.444 e. The Labute approximate surface area is 140 Å². The molecule has 1 saturated heterocycles. The third-order valence-electron chi connectivity index (χ3n) is 3.67. The lowest BCUT2D eigenvalue weighted by Gasteiger charge is -2.33. The van der Waals surface area contributed by atoms with Crippen LogP contribution >= 0.6 is 0 Å². The Bertz CT molecular complexity index is 336. The third-order valence-corrected chi connectivity index (χ3v) is 3.67. The van der Waals surface area contributed by atoms with Crippen LogP contribution in [0.3, 0.4) is 0 Å². The molecule has 23 heavy (non-hydrogen) atoms. The second-order valence-electron chi connectivity index (χ2n) is 7.30. The fourth-order valence-electron chi connectivity index (χ4n) is 2.52. The van der Waals surface area contributed by atoms with Crippen LogP contribution in [0.1, 0.15) is 40.5 Å². The summed E-state index contributed by atoms with van der Waals surface area (Å²) in [4.78, 5) is 13.8. The summed E-state index contributed by atoms with van der Waals surface area (Å²) in [6.07, 6.45) is 1.77. The van der Waals surface area contributed by atoms with E-state index in [0.29, 0.717) is 25.6 Å². The van der Waals surface area contributed by atoms with Crippen molar-refractivity contribution in [2.75, 3.05) is 46.5 Å². The predicted octanol–water partition coefficient (Wildman–Crippen LogP) is 2.27. The molecule has 1 atom stereocenters. The van der Waals surface area contributed by atoms with Gasteiger partial charge in [0.2, 0.25) is 0 Å². The van der Waals surface area contributed by atoms with Gasteiger partial charge in [0, 0.05) is 33.4 Å². The highest BCUT2D eigenvalue weighted by molar-refractivity contribution is 5.68. The van der Waals surface area contributed by atoms with Gasteiger partial charge >= 0.3 is 6.09 Å². The number of carbonyl (C=O) groups excluding carboxylic acids is 1. The maximum Gasteiger partial charge on any atom is 0.410 e. The van der Waals surface area contributed by atoms with Gasteiger partial charge in [-0.15, -0.1) is 0 Å². The first-order valence-electron chi connectivity index (χ1n) is 8.61. The molecule has 1 amide bonds. The Kier molecular flexibility index (Phi) is 8.87. The molecule has 1 unspecified atom stereocenters. The molecule has 0 aromatic rings. The molecule has 0 radical (unpaired) electrons. The maximum absolute atomic E-state index is 12.0. The number of likely N-dealkylation sites (tertiary alicyclic amines) is 1. The number of carbonyl (C=O) groups is 1. The van der Waals surface area contributed by atoms with Gasteiger partial charge in [-0.25, -0.2) is 4.79 Å². The van der Waals surface area contributed by atoms with E-state index in [0.717, 1.165) is 32.5 Å². The van der Waals surface area contributed by atoms with Gasteiger partial charge in [0.1, 0.15) is 5.60 Å². The molecule has 0 bridgehead atoms. The lowest BCUT2D eigenvalue weighted by atomic mass is 10.1. The van der Waals surface area contributed by atoms with Crippen LogP contribution in [0.2, 0.25) is 0 Å². The molecule has 136 valence electrons. The van der Waals surface area contributed by atoms with Crippen molar-refractivity contribution in [1.82, 2.24) is 10.2 Å². The maximum atomic E-state index is 12.0. The Morgan fingerprint density at radius 3 is 2.52 bits per heavy atom. The highest BCUT2D eigenvalue weighted by Gasteiger charge is 2.26. The Balaban J connectivity index is 2.09. The summed E-state index contributed by atoms with van der Waals surface area (Å²) in [5, 5.41) is 3.37. The number of ether oxygens (including phenoxy) is 3. The van der Waals surface area contributed by atoms with Gasteiger partial charge in [0.15, 0.2) is 0 Å². The molecule has 0 saturated carbocycles. The van der Waals surface area contributed by atoms with Crippen molar-refractivity contribution in [3.05, 3.63) is 0 Å². The number of rotatable bonds is 8. The van der Waals surface area contributed by atoms with Gasteiger partial charge in [0.05, 0.1) is 12.7 Å². The Morgan fingerprint density at radius 1 is 1.30 bits per heavy atom. The topological polar surface area (TPSA) is 60.0 Å². The quantitative estimate of drug-likeness (QED) is 0.692. The van der Waals surface area contributed by atoms with Gasteiger partial charge in [-0.1, -0.05) is 6.92 Å². The minimum absolute atomic E-state index is 0.218. The smallest absolute Gasteiger partial charge is 0.410 e. The number of nitrogens with zero attached hydrogens (tertiary/aromatic N) is 1.